The summed E-state index contributed by atoms with van der Waals surface area (Å²) < 4.78 is 1.54. The van der Waals surface area contributed by atoms with Gasteiger partial charge in [-0.05, 0) is 76.9 Å². The van der Waals surface area contributed by atoms with Gasteiger partial charge in [-0.1, -0.05) is 41.9 Å². The average Bonchev–Trinajstić information content (AvgIpc) is 3.47. The maximum absolute atomic E-state index is 13.7. The molecule has 0 bridgehead atoms. The number of tetrazole rings is 1. The first-order chi connectivity index (χ1) is 20.0. The molecule has 1 aliphatic carbocycles. The van der Waals surface area contributed by atoms with Crippen molar-refractivity contribution in [1.82, 2.24) is 30.8 Å². The largest absolute Gasteiger partial charge is 0.369 e. The van der Waals surface area contributed by atoms with Gasteiger partial charge in [0.2, 0.25) is 5.91 Å². The van der Waals surface area contributed by atoms with Crippen LogP contribution in [0.1, 0.15) is 29.9 Å². The van der Waals surface area contributed by atoms with Crippen LogP contribution in [0.15, 0.2) is 79.1 Å². The van der Waals surface area contributed by atoms with Gasteiger partial charge in [0, 0.05) is 54.9 Å². The highest BCUT2D eigenvalue weighted by molar-refractivity contribution is 6.30. The fourth-order valence-corrected chi connectivity index (χ4v) is 5.72. The average molecular weight is 571 g/mol. The molecule has 11 heteroatoms. The first-order valence-corrected chi connectivity index (χ1v) is 14.1. The second kappa shape index (κ2) is 11.7. The zero-order valence-electron chi connectivity index (χ0n) is 22.5. The lowest BCUT2D eigenvalue weighted by Crippen LogP contribution is -2.47. The van der Waals surface area contributed by atoms with E-state index in [4.69, 9.17) is 11.6 Å². The minimum absolute atomic E-state index is 0.115. The zero-order valence-corrected chi connectivity index (χ0v) is 23.2. The van der Waals surface area contributed by atoms with E-state index in [9.17, 15) is 9.59 Å². The number of rotatable bonds is 9. The molecule has 2 aliphatic rings. The molecule has 4 aromatic rings. The fraction of sp³-hybridized carbons (Fsp3) is 0.300. The topological polar surface area (TPSA) is 117 Å². The normalized spacial score (nSPS) is 19.9. The summed E-state index contributed by atoms with van der Waals surface area (Å²) >= 11 is 6.25. The van der Waals surface area contributed by atoms with E-state index >= 15 is 0 Å². The maximum Gasteiger partial charge on any atom is 0.250 e. The van der Waals surface area contributed by atoms with Crippen molar-refractivity contribution in [1.29, 1.82) is 0 Å². The van der Waals surface area contributed by atoms with Gasteiger partial charge in [0.15, 0.2) is 0 Å². The van der Waals surface area contributed by atoms with Crippen molar-refractivity contribution in [2.75, 3.05) is 36.4 Å². The number of anilines is 2. The third-order valence-electron chi connectivity index (χ3n) is 7.80. The van der Waals surface area contributed by atoms with E-state index in [1.54, 1.807) is 6.07 Å². The maximum atomic E-state index is 13.7. The first-order valence-electron chi connectivity index (χ1n) is 13.8. The molecule has 1 aromatic heterocycles. The van der Waals surface area contributed by atoms with Crippen LogP contribution in [0.3, 0.4) is 0 Å². The molecular weight excluding hydrogens is 540 g/mol. The van der Waals surface area contributed by atoms with E-state index < -0.39 is 5.54 Å². The monoisotopic (exact) mass is 570 g/mol. The third kappa shape index (κ3) is 5.94. The van der Waals surface area contributed by atoms with Gasteiger partial charge in [0.05, 0.1) is 5.69 Å². The van der Waals surface area contributed by atoms with Crippen LogP contribution in [0, 0.1) is 0 Å². The molecule has 2 amide bonds. The van der Waals surface area contributed by atoms with Crippen LogP contribution < -0.4 is 20.9 Å². The molecule has 6 rings (SSSR count). The number of carbonyl (C=O) groups excluding carboxylic acids is 2. The Balaban J connectivity index is 1.16. The number of aryl methyl sites for hydroxylation is 1. The van der Waals surface area contributed by atoms with E-state index in [1.807, 2.05) is 66.7 Å². The molecule has 1 saturated carbocycles. The predicted molar refractivity (Wildman–Crippen MR) is 157 cm³/mol. The lowest BCUT2D eigenvalue weighted by atomic mass is 10.0. The summed E-state index contributed by atoms with van der Waals surface area (Å²) in [5, 5.41) is 21.4. The number of hydrogen-bond acceptors (Lipinski definition) is 7. The number of carbonyl (C=O) groups is 2. The number of benzene rings is 3. The quantitative estimate of drug-likeness (QED) is 0.282. The Kier molecular flexibility index (Phi) is 7.67. The molecule has 3 aromatic carbocycles. The van der Waals surface area contributed by atoms with Crippen LogP contribution in [-0.4, -0.2) is 63.7 Å². The van der Waals surface area contributed by atoms with Crippen molar-refractivity contribution in [3.63, 3.8) is 0 Å². The molecule has 41 heavy (non-hydrogen) atoms. The number of halogens is 1. The van der Waals surface area contributed by atoms with E-state index in [2.05, 4.69) is 36.4 Å². The van der Waals surface area contributed by atoms with Gasteiger partial charge in [-0.3, -0.25) is 9.59 Å². The number of nitrogens with one attached hydrogen (secondary N) is 3. The van der Waals surface area contributed by atoms with Gasteiger partial charge in [-0.2, -0.15) is 0 Å². The number of amides is 2. The molecule has 210 valence electrons. The highest BCUT2D eigenvalue weighted by atomic mass is 35.5. The van der Waals surface area contributed by atoms with Crippen LogP contribution in [0.25, 0.3) is 5.69 Å². The van der Waals surface area contributed by atoms with Gasteiger partial charge in [-0.15, -0.1) is 5.10 Å². The molecule has 0 radical (unpaired) electrons. The Morgan fingerprint density at radius 2 is 1.80 bits per heavy atom. The number of nitrogens with zero attached hydrogens (tertiary/aromatic N) is 5. The second-order valence-corrected chi connectivity index (χ2v) is 10.9. The van der Waals surface area contributed by atoms with E-state index in [0.29, 0.717) is 23.6 Å². The molecule has 2 atom stereocenters. The van der Waals surface area contributed by atoms with E-state index in [0.717, 1.165) is 48.7 Å². The lowest BCUT2D eigenvalue weighted by molar-refractivity contribution is -0.127. The first kappa shape index (κ1) is 26.9. The molecule has 0 unspecified atom stereocenters. The van der Waals surface area contributed by atoms with Gasteiger partial charge in [-0.25, -0.2) is 4.68 Å². The molecular formula is C30H31ClN8O2. The van der Waals surface area contributed by atoms with Crippen molar-refractivity contribution in [3.8, 4) is 5.69 Å². The molecule has 2 fully saturated rings. The Morgan fingerprint density at radius 3 is 2.54 bits per heavy atom. The summed E-state index contributed by atoms with van der Waals surface area (Å²) in [7, 11) is 0. The lowest BCUT2D eigenvalue weighted by Gasteiger charge is -2.29. The number of aromatic nitrogens is 4. The molecule has 10 nitrogen and oxygen atoms in total. The van der Waals surface area contributed by atoms with Crippen molar-refractivity contribution in [3.05, 3.63) is 95.3 Å². The molecule has 1 saturated heterocycles. The Morgan fingerprint density at radius 1 is 1.02 bits per heavy atom. The highest BCUT2D eigenvalue weighted by Gasteiger charge is 2.61. The van der Waals surface area contributed by atoms with Crippen LogP contribution >= 0.6 is 11.6 Å². The minimum atomic E-state index is -1.03. The molecule has 2 heterocycles. The highest BCUT2D eigenvalue weighted by Crippen LogP contribution is 2.52. The van der Waals surface area contributed by atoms with Crippen LogP contribution in [-0.2, 0) is 16.0 Å². The van der Waals surface area contributed by atoms with Crippen LogP contribution in [0.5, 0.6) is 0 Å². The van der Waals surface area contributed by atoms with E-state index in [-0.39, 0.29) is 24.2 Å². The molecule has 1 aliphatic heterocycles. The Hall–Kier alpha value is -4.28. The molecule has 3 N–H and O–H groups in total. The summed E-state index contributed by atoms with van der Waals surface area (Å²) in [6.07, 6.45) is 2.60. The van der Waals surface area contributed by atoms with Crippen LogP contribution in [0.4, 0.5) is 11.4 Å². The van der Waals surface area contributed by atoms with Gasteiger partial charge >= 0.3 is 0 Å². The van der Waals surface area contributed by atoms with Crippen molar-refractivity contribution >= 4 is 34.8 Å². The molecule has 0 spiro atoms. The van der Waals surface area contributed by atoms with Gasteiger partial charge in [0.25, 0.3) is 5.91 Å². The van der Waals surface area contributed by atoms with Crippen molar-refractivity contribution in [2.45, 2.75) is 30.7 Å². The smallest absolute Gasteiger partial charge is 0.250 e. The predicted octanol–water partition coefficient (Wildman–Crippen LogP) is 3.34. The Bertz CT molecular complexity index is 1510. The van der Waals surface area contributed by atoms with Crippen molar-refractivity contribution in [2.24, 2.45) is 0 Å². The summed E-state index contributed by atoms with van der Waals surface area (Å²) in [5.74, 6) is -0.544. The Labute approximate surface area is 243 Å². The minimum Gasteiger partial charge on any atom is -0.369 e. The van der Waals surface area contributed by atoms with Crippen LogP contribution in [0.2, 0.25) is 5.02 Å². The third-order valence-corrected chi connectivity index (χ3v) is 8.03. The number of hydrogen-bond donors (Lipinski definition) is 3. The summed E-state index contributed by atoms with van der Waals surface area (Å²) in [6, 6.07) is 23.1. The SMILES string of the molecule is O=C(CCc1cc(Cl)ccc1-n1cnnn1)N[C@]1(C(=O)Nc2ccc(N3CCNCC3)cc2)C[C@H]1c1ccccc1. The van der Waals surface area contributed by atoms with Gasteiger partial charge in [0.1, 0.15) is 11.9 Å². The summed E-state index contributed by atoms with van der Waals surface area (Å²) in [6.45, 7) is 3.81. The second-order valence-electron chi connectivity index (χ2n) is 10.5. The summed E-state index contributed by atoms with van der Waals surface area (Å²) in [5.41, 5.74) is 3.40. The van der Waals surface area contributed by atoms with Crippen molar-refractivity contribution < 1.29 is 9.59 Å². The van der Waals surface area contributed by atoms with Gasteiger partial charge < -0.3 is 20.9 Å². The zero-order chi connectivity index (χ0) is 28.2. The number of piperazine rings is 1. The van der Waals surface area contributed by atoms with E-state index in [1.165, 1.54) is 11.0 Å². The summed E-state index contributed by atoms with van der Waals surface area (Å²) in [4.78, 5) is 29.4. The standard InChI is InChI=1S/C30H31ClN8O2/c31-23-7-12-27(39-20-33-36-37-39)22(18-23)6-13-28(40)35-30(19-26(30)21-4-2-1-3-5-21)29(41)34-24-8-10-25(11-9-24)38-16-14-32-15-17-38/h1-5,7-12,18,20,26,32H,6,13-17,19H2,(H,34,41)(H,35,40)/t26-,30+/m0/s1. The fourth-order valence-electron chi connectivity index (χ4n) is 5.53.